The van der Waals surface area contributed by atoms with Gasteiger partial charge in [-0.2, -0.15) is 0 Å². The summed E-state index contributed by atoms with van der Waals surface area (Å²) in [5.41, 5.74) is 7.80. The van der Waals surface area contributed by atoms with E-state index >= 15 is 0 Å². The van der Waals surface area contributed by atoms with Crippen molar-refractivity contribution in [1.82, 2.24) is 0 Å². The van der Waals surface area contributed by atoms with Crippen LogP contribution in [-0.4, -0.2) is 33.0 Å². The van der Waals surface area contributed by atoms with E-state index in [1.165, 1.54) is 7.11 Å². The third-order valence-electron chi connectivity index (χ3n) is 2.94. The molecule has 0 spiro atoms. The van der Waals surface area contributed by atoms with Gasteiger partial charge in [-0.15, -0.1) is 0 Å². The number of nitrogens with two attached hydrogens (primary N) is 1. The first kappa shape index (κ1) is 11.7. The number of ether oxygens (including phenoxy) is 2. The SMILES string of the molecule is COC(=O)c1ccc(N)c(N(C)[C@@H]2CCO2)c1. The summed E-state index contributed by atoms with van der Waals surface area (Å²) in [4.78, 5) is 13.4. The predicted octanol–water partition coefficient (Wildman–Crippen LogP) is 1.24. The van der Waals surface area contributed by atoms with Crippen molar-refractivity contribution in [3.05, 3.63) is 23.8 Å². The van der Waals surface area contributed by atoms with E-state index < -0.39 is 0 Å². The van der Waals surface area contributed by atoms with Gasteiger partial charge < -0.3 is 20.1 Å². The van der Waals surface area contributed by atoms with Gasteiger partial charge in [0.1, 0.15) is 6.23 Å². The lowest BCUT2D eigenvalue weighted by molar-refractivity contribution is -0.0482. The van der Waals surface area contributed by atoms with Gasteiger partial charge in [0.2, 0.25) is 0 Å². The van der Waals surface area contributed by atoms with Crippen LogP contribution in [0.2, 0.25) is 0 Å². The van der Waals surface area contributed by atoms with Gasteiger partial charge in [-0.3, -0.25) is 0 Å². The molecule has 17 heavy (non-hydrogen) atoms. The molecular weight excluding hydrogens is 220 g/mol. The third kappa shape index (κ3) is 2.19. The van der Waals surface area contributed by atoms with Crippen molar-refractivity contribution < 1.29 is 14.3 Å². The van der Waals surface area contributed by atoms with Crippen LogP contribution in [0.3, 0.4) is 0 Å². The lowest BCUT2D eigenvalue weighted by atomic mass is 10.1. The van der Waals surface area contributed by atoms with E-state index in [0.717, 1.165) is 18.7 Å². The van der Waals surface area contributed by atoms with E-state index in [0.29, 0.717) is 11.3 Å². The first-order valence-corrected chi connectivity index (χ1v) is 5.45. The van der Waals surface area contributed by atoms with Crippen LogP contribution in [0.15, 0.2) is 18.2 Å². The zero-order valence-corrected chi connectivity index (χ0v) is 9.97. The monoisotopic (exact) mass is 236 g/mol. The summed E-state index contributed by atoms with van der Waals surface area (Å²) in [6.07, 6.45) is 1.02. The molecule has 2 N–H and O–H groups in total. The molecule has 0 bridgehead atoms. The van der Waals surface area contributed by atoms with E-state index in [4.69, 9.17) is 10.5 Å². The van der Waals surface area contributed by atoms with Gasteiger partial charge in [0.05, 0.1) is 30.7 Å². The van der Waals surface area contributed by atoms with Crippen molar-refractivity contribution >= 4 is 17.3 Å². The van der Waals surface area contributed by atoms with Crippen LogP contribution in [0, 0.1) is 0 Å². The Morgan fingerprint density at radius 3 is 2.82 bits per heavy atom. The third-order valence-corrected chi connectivity index (χ3v) is 2.94. The number of hydrogen-bond acceptors (Lipinski definition) is 5. The second-order valence-corrected chi connectivity index (χ2v) is 3.99. The first-order valence-electron chi connectivity index (χ1n) is 5.45. The van der Waals surface area contributed by atoms with Crippen LogP contribution >= 0.6 is 0 Å². The van der Waals surface area contributed by atoms with E-state index in [1.807, 2.05) is 11.9 Å². The Balaban J connectivity index is 2.28. The van der Waals surface area contributed by atoms with Crippen LogP contribution in [0.25, 0.3) is 0 Å². The van der Waals surface area contributed by atoms with Gasteiger partial charge in [0, 0.05) is 13.5 Å². The number of hydrogen-bond donors (Lipinski definition) is 1. The summed E-state index contributed by atoms with van der Waals surface area (Å²) in [6, 6.07) is 5.08. The number of anilines is 2. The second-order valence-electron chi connectivity index (χ2n) is 3.99. The number of nitrogens with zero attached hydrogens (tertiary/aromatic N) is 1. The fourth-order valence-electron chi connectivity index (χ4n) is 1.78. The van der Waals surface area contributed by atoms with Crippen LogP contribution in [0.4, 0.5) is 11.4 Å². The largest absolute Gasteiger partial charge is 0.465 e. The highest BCUT2D eigenvalue weighted by Crippen LogP contribution is 2.29. The van der Waals surface area contributed by atoms with Gasteiger partial charge in [0.25, 0.3) is 0 Å². The summed E-state index contributed by atoms with van der Waals surface area (Å²) in [5.74, 6) is -0.367. The molecule has 1 fully saturated rings. The average Bonchev–Trinajstić information content (AvgIpc) is 2.26. The predicted molar refractivity (Wildman–Crippen MR) is 65.0 cm³/mol. The number of esters is 1. The zero-order valence-electron chi connectivity index (χ0n) is 9.97. The molecule has 1 atom stereocenters. The van der Waals surface area contributed by atoms with Crippen molar-refractivity contribution in [2.45, 2.75) is 12.6 Å². The topological polar surface area (TPSA) is 64.8 Å². The van der Waals surface area contributed by atoms with E-state index in [9.17, 15) is 4.79 Å². The summed E-state index contributed by atoms with van der Waals surface area (Å²) >= 11 is 0. The molecule has 0 amide bonds. The Bertz CT molecular complexity index is 430. The van der Waals surface area contributed by atoms with Crippen LogP contribution in [0.5, 0.6) is 0 Å². The Morgan fingerprint density at radius 1 is 1.59 bits per heavy atom. The molecule has 0 aromatic heterocycles. The van der Waals surface area contributed by atoms with Crippen LogP contribution < -0.4 is 10.6 Å². The molecule has 1 aliphatic rings. The van der Waals surface area contributed by atoms with Crippen LogP contribution in [-0.2, 0) is 9.47 Å². The van der Waals surface area contributed by atoms with Crippen molar-refractivity contribution in [1.29, 1.82) is 0 Å². The zero-order chi connectivity index (χ0) is 12.4. The van der Waals surface area contributed by atoms with Gasteiger partial charge >= 0.3 is 5.97 Å². The summed E-state index contributed by atoms with van der Waals surface area (Å²) < 4.78 is 10.1. The average molecular weight is 236 g/mol. The number of benzene rings is 1. The van der Waals surface area contributed by atoms with Crippen molar-refractivity contribution in [3.8, 4) is 0 Å². The Hall–Kier alpha value is -1.75. The molecule has 1 aliphatic heterocycles. The molecule has 2 rings (SSSR count). The molecule has 0 saturated carbocycles. The molecule has 5 nitrogen and oxygen atoms in total. The molecule has 0 unspecified atom stereocenters. The van der Waals surface area contributed by atoms with E-state index in [1.54, 1.807) is 18.2 Å². The molecule has 5 heteroatoms. The normalized spacial score (nSPS) is 18.4. The number of nitrogen functional groups attached to an aromatic ring is 1. The highest BCUT2D eigenvalue weighted by molar-refractivity contribution is 5.92. The number of carbonyl (C=O) groups is 1. The van der Waals surface area contributed by atoms with Gasteiger partial charge in [0.15, 0.2) is 0 Å². The minimum absolute atomic E-state index is 0.0465. The molecule has 1 aromatic carbocycles. The van der Waals surface area contributed by atoms with Gasteiger partial charge in [-0.05, 0) is 18.2 Å². The first-order chi connectivity index (χ1) is 8.13. The summed E-state index contributed by atoms with van der Waals surface area (Å²) in [6.45, 7) is 0.769. The molecule has 92 valence electrons. The van der Waals surface area contributed by atoms with E-state index in [-0.39, 0.29) is 12.2 Å². The second kappa shape index (κ2) is 4.63. The highest BCUT2D eigenvalue weighted by atomic mass is 16.5. The molecule has 1 saturated heterocycles. The Kier molecular flexibility index (Phi) is 3.19. The van der Waals surface area contributed by atoms with Crippen molar-refractivity contribution in [3.63, 3.8) is 0 Å². The van der Waals surface area contributed by atoms with Gasteiger partial charge in [-0.25, -0.2) is 4.79 Å². The van der Waals surface area contributed by atoms with E-state index in [2.05, 4.69) is 4.74 Å². The van der Waals surface area contributed by atoms with Crippen molar-refractivity contribution in [2.75, 3.05) is 31.4 Å². The summed E-state index contributed by atoms with van der Waals surface area (Å²) in [5, 5.41) is 0. The number of methoxy groups -OCH3 is 1. The Labute approximate surface area is 100 Å². The maximum atomic E-state index is 11.4. The molecule has 0 aliphatic carbocycles. The standard InChI is InChI=1S/C12H16N2O3/c1-14(11-5-6-17-11)10-7-8(12(15)16-2)3-4-9(10)13/h3-4,7,11H,5-6,13H2,1-2H3/t11-/m0/s1. The molecular formula is C12H16N2O3. The minimum atomic E-state index is -0.367. The number of rotatable bonds is 3. The maximum Gasteiger partial charge on any atom is 0.337 e. The fourth-order valence-corrected chi connectivity index (χ4v) is 1.78. The molecule has 1 aromatic rings. The lowest BCUT2D eigenvalue weighted by Crippen LogP contribution is -2.42. The highest BCUT2D eigenvalue weighted by Gasteiger charge is 2.24. The lowest BCUT2D eigenvalue weighted by Gasteiger charge is -2.36. The minimum Gasteiger partial charge on any atom is -0.465 e. The maximum absolute atomic E-state index is 11.4. The summed E-state index contributed by atoms with van der Waals surface area (Å²) in [7, 11) is 3.26. The Morgan fingerprint density at radius 2 is 2.29 bits per heavy atom. The number of carbonyl (C=O) groups excluding carboxylic acids is 1. The molecule has 1 heterocycles. The quantitative estimate of drug-likeness (QED) is 0.631. The van der Waals surface area contributed by atoms with Gasteiger partial charge in [-0.1, -0.05) is 0 Å². The molecule has 0 radical (unpaired) electrons. The van der Waals surface area contributed by atoms with Crippen molar-refractivity contribution in [2.24, 2.45) is 0 Å². The smallest absolute Gasteiger partial charge is 0.337 e. The fraction of sp³-hybridized carbons (Fsp3) is 0.417. The van der Waals surface area contributed by atoms with Crippen LogP contribution in [0.1, 0.15) is 16.8 Å².